The normalized spacial score (nSPS) is 16.7. The maximum absolute atomic E-state index is 13.1. The van der Waals surface area contributed by atoms with Crippen LogP contribution in [0.5, 0.6) is 0 Å². The molecule has 0 saturated carbocycles. The lowest BCUT2D eigenvalue weighted by molar-refractivity contribution is -0.656. The van der Waals surface area contributed by atoms with Crippen LogP contribution in [-0.4, -0.2) is 31.2 Å². The van der Waals surface area contributed by atoms with Gasteiger partial charge in [0.15, 0.2) is 0 Å². The molecule has 0 unspecified atom stereocenters. The molecule has 0 spiro atoms. The zero-order valence-corrected chi connectivity index (χ0v) is 12.3. The second-order valence-electron chi connectivity index (χ2n) is 5.51. The Kier molecular flexibility index (Phi) is 4.02. The number of alkyl halides is 6. The summed E-state index contributed by atoms with van der Waals surface area (Å²) in [6.07, 6.45) is -9.87. The number of fused-ring (bicyclic) bond motifs is 1. The van der Waals surface area contributed by atoms with E-state index in [1.165, 1.54) is 6.07 Å². The molecule has 10 heteroatoms. The van der Waals surface area contributed by atoms with Gasteiger partial charge in [-0.2, -0.15) is 26.3 Å². The lowest BCUT2D eigenvalue weighted by Gasteiger charge is -2.22. The highest BCUT2D eigenvalue weighted by Gasteiger charge is 2.42. The Bertz CT molecular complexity index is 749. The van der Waals surface area contributed by atoms with E-state index in [0.29, 0.717) is 18.9 Å². The van der Waals surface area contributed by atoms with Crippen LogP contribution in [0.15, 0.2) is 18.2 Å². The Morgan fingerprint density at radius 3 is 2.25 bits per heavy atom. The molecule has 0 bridgehead atoms. The summed E-state index contributed by atoms with van der Waals surface area (Å²) < 4.78 is 78.0. The predicted octanol–water partition coefficient (Wildman–Crippen LogP) is 1.47. The number of quaternary nitrogens is 1. The van der Waals surface area contributed by atoms with Gasteiger partial charge in [0.25, 0.3) is 5.65 Å². The lowest BCUT2D eigenvalue weighted by atomic mass is 10.1. The molecule has 3 rings (SSSR count). The number of aromatic amines is 1. The first kappa shape index (κ1) is 16.7. The third-order valence-electron chi connectivity index (χ3n) is 3.86. The molecule has 4 nitrogen and oxygen atoms in total. The van der Waals surface area contributed by atoms with Crippen molar-refractivity contribution >= 4 is 16.9 Å². The monoisotopic (exact) mass is 352 g/mol. The van der Waals surface area contributed by atoms with Crippen molar-refractivity contribution in [2.75, 3.05) is 31.1 Å². The molecule has 3 N–H and O–H groups in total. The molecule has 130 valence electrons. The van der Waals surface area contributed by atoms with Gasteiger partial charge in [-0.3, -0.25) is 4.90 Å². The minimum atomic E-state index is -4.96. The van der Waals surface area contributed by atoms with Gasteiger partial charge in [-0.15, -0.1) is 0 Å². The second-order valence-corrected chi connectivity index (χ2v) is 5.51. The van der Waals surface area contributed by atoms with E-state index in [9.17, 15) is 26.3 Å². The van der Waals surface area contributed by atoms with Gasteiger partial charge in [0.1, 0.15) is 26.2 Å². The number of piperazine rings is 1. The van der Waals surface area contributed by atoms with Crippen LogP contribution in [0.4, 0.5) is 32.2 Å². The molecular weight excluding hydrogens is 338 g/mol. The fourth-order valence-electron chi connectivity index (χ4n) is 2.70. The molecular formula is C14H14F6N4+2. The van der Waals surface area contributed by atoms with Gasteiger partial charge in [-0.05, 0) is 12.1 Å². The number of nitrogens with zero attached hydrogens (tertiary/aromatic N) is 2. The number of anilines is 1. The van der Waals surface area contributed by atoms with Gasteiger partial charge in [0.2, 0.25) is 11.5 Å². The van der Waals surface area contributed by atoms with Crippen LogP contribution in [0, 0.1) is 0 Å². The molecule has 1 aliphatic heterocycles. The van der Waals surface area contributed by atoms with Crippen LogP contribution >= 0.6 is 0 Å². The summed E-state index contributed by atoms with van der Waals surface area (Å²) in [4.78, 5) is 7.85. The van der Waals surface area contributed by atoms with Crippen LogP contribution < -0.4 is 15.2 Å². The van der Waals surface area contributed by atoms with Crippen molar-refractivity contribution in [2.24, 2.45) is 0 Å². The van der Waals surface area contributed by atoms with E-state index >= 15 is 0 Å². The van der Waals surface area contributed by atoms with Crippen LogP contribution in [0.2, 0.25) is 0 Å². The molecule has 0 aliphatic carbocycles. The van der Waals surface area contributed by atoms with Crippen molar-refractivity contribution in [1.82, 2.24) is 4.98 Å². The maximum Gasteiger partial charge on any atom is 0.449 e. The minimum absolute atomic E-state index is 0.0473. The zero-order valence-electron chi connectivity index (χ0n) is 12.3. The van der Waals surface area contributed by atoms with Crippen molar-refractivity contribution in [1.29, 1.82) is 0 Å². The van der Waals surface area contributed by atoms with Gasteiger partial charge in [0.05, 0.1) is 10.9 Å². The molecule has 24 heavy (non-hydrogen) atoms. The van der Waals surface area contributed by atoms with Crippen molar-refractivity contribution in [3.8, 4) is 0 Å². The van der Waals surface area contributed by atoms with Crippen molar-refractivity contribution < 1.29 is 36.6 Å². The van der Waals surface area contributed by atoms with E-state index in [2.05, 4.69) is 15.3 Å². The average Bonchev–Trinajstić information content (AvgIpc) is 2.52. The van der Waals surface area contributed by atoms with Gasteiger partial charge >= 0.3 is 12.4 Å². The van der Waals surface area contributed by atoms with Gasteiger partial charge in [-0.1, -0.05) is 4.98 Å². The Hall–Kier alpha value is -2.10. The second kappa shape index (κ2) is 5.76. The number of hydrogen-bond donors (Lipinski definition) is 1. The molecule has 1 aliphatic rings. The summed E-state index contributed by atoms with van der Waals surface area (Å²) in [5.41, 5.74) is -3.35. The van der Waals surface area contributed by atoms with E-state index in [1.807, 2.05) is 4.90 Å². The summed E-state index contributed by atoms with van der Waals surface area (Å²) in [5, 5.41) is 1.70. The Morgan fingerprint density at radius 2 is 1.67 bits per heavy atom. The maximum atomic E-state index is 13.1. The lowest BCUT2D eigenvalue weighted by Crippen LogP contribution is -2.90. The highest BCUT2D eigenvalue weighted by Crippen LogP contribution is 2.37. The number of H-pyrrole nitrogens is 1. The average molecular weight is 352 g/mol. The van der Waals surface area contributed by atoms with E-state index in [1.54, 1.807) is 0 Å². The molecule has 3 heterocycles. The van der Waals surface area contributed by atoms with E-state index in [4.69, 9.17) is 0 Å². The molecule has 2 aromatic rings. The fraction of sp³-hybridized carbons (Fsp3) is 0.429. The van der Waals surface area contributed by atoms with Crippen LogP contribution in [0.1, 0.15) is 11.3 Å². The first-order valence-electron chi connectivity index (χ1n) is 7.24. The zero-order chi connectivity index (χ0) is 17.5. The highest BCUT2D eigenvalue weighted by molar-refractivity contribution is 5.78. The quantitative estimate of drug-likeness (QED) is 0.791. The summed E-state index contributed by atoms with van der Waals surface area (Å²) in [6.45, 7) is 2.89. The van der Waals surface area contributed by atoms with Crippen molar-refractivity contribution in [2.45, 2.75) is 12.4 Å². The number of halogens is 6. The summed E-state index contributed by atoms with van der Waals surface area (Å²) in [7, 11) is 0. The van der Waals surface area contributed by atoms with E-state index < -0.39 is 29.3 Å². The number of hydrogen-bond acceptors (Lipinski definition) is 2. The minimum Gasteiger partial charge on any atom is -0.341 e. The van der Waals surface area contributed by atoms with Crippen molar-refractivity contribution in [3.63, 3.8) is 0 Å². The Labute approximate surface area is 132 Å². The topological polar surface area (TPSA) is 46.9 Å². The van der Waals surface area contributed by atoms with Crippen molar-refractivity contribution in [3.05, 3.63) is 29.5 Å². The highest BCUT2D eigenvalue weighted by atomic mass is 19.4. The molecule has 1 saturated heterocycles. The van der Waals surface area contributed by atoms with Gasteiger partial charge < -0.3 is 5.32 Å². The Morgan fingerprint density at radius 1 is 1.00 bits per heavy atom. The summed E-state index contributed by atoms with van der Waals surface area (Å²) in [6, 6.07) is 2.65. The van der Waals surface area contributed by atoms with E-state index in [-0.39, 0.29) is 11.5 Å². The molecule has 0 atom stereocenters. The first-order chi connectivity index (χ1) is 11.2. The standard InChI is InChI=1S/C14H12F6N4/c15-13(16,17)9-7-10(14(18,19)20)22-12-8(9)1-2-11(23-12)24-5-3-21-4-6-24/h1-2,7,21H,3-6H2/p+2. The summed E-state index contributed by atoms with van der Waals surface area (Å²) in [5.74, 6) is 0.454. The molecule has 0 radical (unpaired) electrons. The molecule has 0 amide bonds. The number of rotatable bonds is 1. The Balaban J connectivity index is 2.16. The van der Waals surface area contributed by atoms with Crippen LogP contribution in [0.25, 0.3) is 11.0 Å². The van der Waals surface area contributed by atoms with Crippen LogP contribution in [-0.2, 0) is 12.4 Å². The largest absolute Gasteiger partial charge is 0.449 e. The number of aromatic nitrogens is 2. The fourth-order valence-corrected chi connectivity index (χ4v) is 2.70. The molecule has 2 aromatic heterocycles. The first-order valence-corrected chi connectivity index (χ1v) is 7.24. The molecule has 1 fully saturated rings. The number of pyridine rings is 2. The number of nitrogens with one attached hydrogen (secondary N) is 1. The van der Waals surface area contributed by atoms with E-state index in [0.717, 1.165) is 19.2 Å². The third kappa shape index (κ3) is 3.23. The summed E-state index contributed by atoms with van der Waals surface area (Å²) >= 11 is 0. The molecule has 0 aromatic carbocycles. The van der Waals surface area contributed by atoms with Gasteiger partial charge in [0, 0.05) is 6.07 Å². The van der Waals surface area contributed by atoms with Crippen LogP contribution in [0.3, 0.4) is 0 Å². The number of nitrogens with two attached hydrogens (primary N) is 1. The predicted molar refractivity (Wildman–Crippen MR) is 72.2 cm³/mol. The SMILES string of the molecule is FC(F)(F)c1cc(C(F)(F)F)c2ccc(N3CC[NH2+]CC3)[nH+]c2n1. The smallest absolute Gasteiger partial charge is 0.341 e. The van der Waals surface area contributed by atoms with Gasteiger partial charge in [-0.25, -0.2) is 4.98 Å². The third-order valence-corrected chi connectivity index (χ3v) is 3.86.